The Morgan fingerprint density at radius 3 is 2.43 bits per heavy atom. The molecule has 0 radical (unpaired) electrons. The largest absolute Gasteiger partial charge is 0.481 e. The molecule has 1 unspecified atom stereocenters. The van der Waals surface area contributed by atoms with Gasteiger partial charge in [0.2, 0.25) is 27.7 Å². The quantitative estimate of drug-likeness (QED) is 0.644. The number of anilines is 1. The third kappa shape index (κ3) is 4.46. The lowest BCUT2D eigenvalue weighted by Gasteiger charge is -2.11. The van der Waals surface area contributed by atoms with Crippen LogP contribution in [-0.2, 0) is 32.0 Å². The molecule has 2 aromatic rings. The highest BCUT2D eigenvalue weighted by atomic mass is 32.2. The van der Waals surface area contributed by atoms with Gasteiger partial charge in [0.15, 0.2) is 9.84 Å². The van der Waals surface area contributed by atoms with Gasteiger partial charge < -0.3 is 9.47 Å². The lowest BCUT2D eigenvalue weighted by atomic mass is 10.1. The van der Waals surface area contributed by atoms with E-state index in [1.807, 2.05) is 4.72 Å². The number of fused-ring (bicyclic) bond motifs is 1. The van der Waals surface area contributed by atoms with E-state index in [1.54, 1.807) is 19.1 Å². The molecule has 0 aliphatic carbocycles. The SMILES string of the molecule is COc1cc(OC)nc(NC(=O)NS(=O)(=O)Cc2cccc3c2S(=O)(=O)C(C)C3)n1. The van der Waals surface area contributed by atoms with E-state index in [1.165, 1.54) is 26.4 Å². The number of hydrogen-bond acceptors (Lipinski definition) is 9. The highest BCUT2D eigenvalue weighted by Gasteiger charge is 2.36. The van der Waals surface area contributed by atoms with Crippen molar-refractivity contribution in [1.82, 2.24) is 14.7 Å². The first kappa shape index (κ1) is 21.8. The van der Waals surface area contributed by atoms with Crippen molar-refractivity contribution < 1.29 is 31.1 Å². The van der Waals surface area contributed by atoms with Crippen LogP contribution in [0.4, 0.5) is 10.7 Å². The maximum absolute atomic E-state index is 12.5. The standard InChI is InChI=1S/C17H20N4O7S2/c1-10-7-11-5-4-6-12(15(11)30(10,25)26)9-29(23,24)21-17(22)20-16-18-13(27-2)8-14(19-16)28-3/h4-6,8,10H,7,9H2,1-3H3,(H2,18,19,20,21,22). The summed E-state index contributed by atoms with van der Waals surface area (Å²) in [6.07, 6.45) is 0.314. The molecular weight excluding hydrogens is 436 g/mol. The number of carbonyl (C=O) groups excluding carboxylic acids is 1. The van der Waals surface area contributed by atoms with Crippen LogP contribution in [0.15, 0.2) is 29.2 Å². The molecule has 2 amide bonds. The van der Waals surface area contributed by atoms with Crippen LogP contribution < -0.4 is 19.5 Å². The molecule has 1 atom stereocenters. The van der Waals surface area contributed by atoms with E-state index in [4.69, 9.17) is 9.47 Å². The number of amides is 2. The second-order valence-electron chi connectivity index (χ2n) is 6.56. The number of sulfone groups is 1. The monoisotopic (exact) mass is 456 g/mol. The van der Waals surface area contributed by atoms with Crippen LogP contribution in [0, 0.1) is 0 Å². The van der Waals surface area contributed by atoms with Gasteiger partial charge in [-0.15, -0.1) is 0 Å². The Morgan fingerprint density at radius 1 is 1.20 bits per heavy atom. The molecule has 1 aromatic carbocycles. The summed E-state index contributed by atoms with van der Waals surface area (Å²) in [4.78, 5) is 19.9. The molecule has 1 aromatic heterocycles. The third-order valence-electron chi connectivity index (χ3n) is 4.42. The Bertz CT molecular complexity index is 1170. The molecule has 0 saturated heterocycles. The van der Waals surface area contributed by atoms with Crippen molar-refractivity contribution >= 4 is 31.8 Å². The average molecular weight is 457 g/mol. The van der Waals surface area contributed by atoms with Crippen LogP contribution in [0.5, 0.6) is 11.8 Å². The number of nitrogens with one attached hydrogen (secondary N) is 2. The molecule has 30 heavy (non-hydrogen) atoms. The number of urea groups is 1. The molecule has 0 fully saturated rings. The van der Waals surface area contributed by atoms with Crippen molar-refractivity contribution in [3.05, 3.63) is 35.4 Å². The van der Waals surface area contributed by atoms with Crippen molar-refractivity contribution in [2.75, 3.05) is 19.5 Å². The first-order chi connectivity index (χ1) is 14.1. The molecule has 1 aliphatic heterocycles. The number of ether oxygens (including phenoxy) is 2. The molecule has 1 aliphatic rings. The Labute approximate surface area is 173 Å². The summed E-state index contributed by atoms with van der Waals surface area (Å²) in [5.41, 5.74) is 0.674. The zero-order valence-electron chi connectivity index (χ0n) is 16.4. The van der Waals surface area contributed by atoms with Crippen molar-refractivity contribution in [3.63, 3.8) is 0 Å². The first-order valence-electron chi connectivity index (χ1n) is 8.69. The van der Waals surface area contributed by atoms with Gasteiger partial charge in [-0.25, -0.2) is 26.4 Å². The molecule has 13 heteroatoms. The van der Waals surface area contributed by atoms with Crippen LogP contribution in [-0.4, -0.2) is 52.3 Å². The van der Waals surface area contributed by atoms with Gasteiger partial charge in [-0.05, 0) is 24.5 Å². The van der Waals surface area contributed by atoms with Gasteiger partial charge in [-0.2, -0.15) is 9.97 Å². The zero-order chi connectivity index (χ0) is 22.1. The second kappa shape index (κ2) is 8.07. The Hall–Kier alpha value is -2.93. The number of carbonyl (C=O) groups is 1. The number of rotatable bonds is 6. The van der Waals surface area contributed by atoms with Gasteiger partial charge in [0.25, 0.3) is 0 Å². The van der Waals surface area contributed by atoms with E-state index < -0.39 is 36.9 Å². The fourth-order valence-electron chi connectivity index (χ4n) is 3.08. The Morgan fingerprint density at radius 2 is 1.83 bits per heavy atom. The number of nitrogens with zero attached hydrogens (tertiary/aromatic N) is 2. The van der Waals surface area contributed by atoms with Crippen molar-refractivity contribution in [1.29, 1.82) is 0 Å². The molecule has 0 saturated carbocycles. The first-order valence-corrected chi connectivity index (χ1v) is 11.9. The van der Waals surface area contributed by atoms with E-state index >= 15 is 0 Å². The molecule has 162 valence electrons. The van der Waals surface area contributed by atoms with Crippen LogP contribution in [0.1, 0.15) is 18.1 Å². The maximum atomic E-state index is 12.5. The van der Waals surface area contributed by atoms with Crippen molar-refractivity contribution in [2.24, 2.45) is 0 Å². The fourth-order valence-corrected chi connectivity index (χ4v) is 6.05. The predicted octanol–water partition coefficient (Wildman–Crippen LogP) is 0.864. The normalized spacial score (nSPS) is 17.1. The highest BCUT2D eigenvalue weighted by molar-refractivity contribution is 7.92. The second-order valence-corrected chi connectivity index (χ2v) is 10.6. The van der Waals surface area contributed by atoms with Gasteiger partial charge in [-0.3, -0.25) is 5.32 Å². The molecule has 11 nitrogen and oxygen atoms in total. The molecule has 0 spiro atoms. The van der Waals surface area contributed by atoms with Gasteiger partial charge in [-0.1, -0.05) is 18.2 Å². The molecular formula is C17H20N4O7S2. The zero-order valence-corrected chi connectivity index (χ0v) is 18.0. The molecule has 2 heterocycles. The van der Waals surface area contributed by atoms with E-state index in [2.05, 4.69) is 15.3 Å². The minimum Gasteiger partial charge on any atom is -0.481 e. The molecule has 3 rings (SSSR count). The van der Waals surface area contributed by atoms with E-state index in [0.717, 1.165) is 0 Å². The number of methoxy groups -OCH3 is 2. The van der Waals surface area contributed by atoms with E-state index in [0.29, 0.717) is 12.0 Å². The Kier molecular flexibility index (Phi) is 5.85. The molecule has 2 N–H and O–H groups in total. The lowest BCUT2D eigenvalue weighted by Crippen LogP contribution is -2.36. The van der Waals surface area contributed by atoms with Gasteiger partial charge in [0.05, 0.1) is 36.2 Å². The smallest absolute Gasteiger partial charge is 0.335 e. The number of sulfonamides is 1. The minimum absolute atomic E-state index is 0.0177. The van der Waals surface area contributed by atoms with Crippen LogP contribution in [0.25, 0.3) is 0 Å². The summed E-state index contributed by atoms with van der Waals surface area (Å²) < 4.78 is 61.8. The maximum Gasteiger partial charge on any atom is 0.335 e. The summed E-state index contributed by atoms with van der Waals surface area (Å²) in [6.45, 7) is 1.57. The van der Waals surface area contributed by atoms with Crippen molar-refractivity contribution in [3.8, 4) is 11.8 Å². The minimum atomic E-state index is -4.22. The molecule has 0 bridgehead atoms. The predicted molar refractivity (Wildman–Crippen MR) is 107 cm³/mol. The van der Waals surface area contributed by atoms with Crippen molar-refractivity contribution in [2.45, 2.75) is 29.2 Å². The fraction of sp³-hybridized carbons (Fsp3) is 0.353. The van der Waals surface area contributed by atoms with Gasteiger partial charge in [0.1, 0.15) is 0 Å². The summed E-state index contributed by atoms with van der Waals surface area (Å²) >= 11 is 0. The summed E-state index contributed by atoms with van der Waals surface area (Å²) in [5, 5.41) is 1.55. The number of benzene rings is 1. The third-order valence-corrected chi connectivity index (χ3v) is 7.92. The number of aromatic nitrogens is 2. The van der Waals surface area contributed by atoms with Gasteiger partial charge in [0, 0.05) is 0 Å². The average Bonchev–Trinajstić information content (AvgIpc) is 2.89. The van der Waals surface area contributed by atoms with Gasteiger partial charge >= 0.3 is 6.03 Å². The summed E-state index contributed by atoms with van der Waals surface area (Å²) in [5.74, 6) is -0.730. The van der Waals surface area contributed by atoms with E-state index in [-0.39, 0.29) is 28.2 Å². The summed E-state index contributed by atoms with van der Waals surface area (Å²) in [6, 6.07) is 4.92. The highest BCUT2D eigenvalue weighted by Crippen LogP contribution is 2.34. The number of hydrogen-bond donors (Lipinski definition) is 2. The summed E-state index contributed by atoms with van der Waals surface area (Å²) in [7, 11) is -5.14. The van der Waals surface area contributed by atoms with E-state index in [9.17, 15) is 21.6 Å². The van der Waals surface area contributed by atoms with Crippen LogP contribution >= 0.6 is 0 Å². The van der Waals surface area contributed by atoms with Crippen LogP contribution in [0.2, 0.25) is 0 Å². The van der Waals surface area contributed by atoms with Crippen LogP contribution in [0.3, 0.4) is 0 Å². The topological polar surface area (TPSA) is 154 Å². The Balaban J connectivity index is 1.78. The lowest BCUT2D eigenvalue weighted by molar-refractivity contribution is 0.256.